The number of benzene rings is 5. The molecule has 5 aromatic rings. The van der Waals surface area contributed by atoms with Gasteiger partial charge in [-0.15, -0.1) is 0 Å². The van der Waals surface area contributed by atoms with E-state index < -0.39 is 0 Å². The predicted octanol–water partition coefficient (Wildman–Crippen LogP) is 11.1. The summed E-state index contributed by atoms with van der Waals surface area (Å²) in [4.78, 5) is 4.65. The maximum Gasteiger partial charge on any atom is 0.151 e. The first-order valence-electron chi connectivity index (χ1n) is 15.1. The molecular weight excluding hydrogens is 530 g/mol. The van der Waals surface area contributed by atoms with Crippen LogP contribution in [0.1, 0.15) is 54.7 Å². The minimum atomic E-state index is 0.287. The molecular formula is C38H31N3O2. The third-order valence-electron chi connectivity index (χ3n) is 8.95. The SMILES string of the molecule is Cc1cc(C#N)c(N2c3ccccc3Oc3ccccc32)c(C2CCCCC2)c1N1c2ccccc2Oc2ccccc21. The van der Waals surface area contributed by atoms with Crippen molar-refractivity contribution in [3.05, 3.63) is 120 Å². The average Bonchev–Trinajstić information content (AvgIpc) is 3.06. The molecule has 2 heterocycles. The second-order valence-corrected chi connectivity index (χ2v) is 11.5. The molecule has 0 N–H and O–H groups in total. The minimum absolute atomic E-state index is 0.287. The van der Waals surface area contributed by atoms with Crippen molar-refractivity contribution in [2.45, 2.75) is 44.9 Å². The Hall–Kier alpha value is -5.21. The van der Waals surface area contributed by atoms with Crippen molar-refractivity contribution in [2.24, 2.45) is 0 Å². The Balaban J connectivity index is 1.49. The van der Waals surface area contributed by atoms with E-state index in [9.17, 15) is 5.26 Å². The Bertz CT molecular complexity index is 1830. The number of para-hydroxylation sites is 8. The molecule has 5 nitrogen and oxygen atoms in total. The fourth-order valence-corrected chi connectivity index (χ4v) is 7.11. The van der Waals surface area contributed by atoms with Gasteiger partial charge in [0.1, 0.15) is 6.07 Å². The van der Waals surface area contributed by atoms with Crippen molar-refractivity contribution in [3.8, 4) is 29.1 Å². The van der Waals surface area contributed by atoms with Gasteiger partial charge >= 0.3 is 0 Å². The van der Waals surface area contributed by atoms with Gasteiger partial charge in [-0.05, 0) is 85.8 Å². The average molecular weight is 562 g/mol. The van der Waals surface area contributed by atoms with Crippen LogP contribution in [-0.2, 0) is 0 Å². The van der Waals surface area contributed by atoms with Gasteiger partial charge < -0.3 is 19.3 Å². The second kappa shape index (κ2) is 10.3. The minimum Gasteiger partial charge on any atom is -0.453 e. The van der Waals surface area contributed by atoms with Gasteiger partial charge in [-0.2, -0.15) is 5.26 Å². The molecule has 0 radical (unpaired) electrons. The van der Waals surface area contributed by atoms with Gasteiger partial charge in [0, 0.05) is 5.56 Å². The molecule has 0 amide bonds. The van der Waals surface area contributed by atoms with E-state index in [0.29, 0.717) is 5.56 Å². The van der Waals surface area contributed by atoms with E-state index >= 15 is 0 Å². The summed E-state index contributed by atoms with van der Waals surface area (Å²) in [5, 5.41) is 10.8. The van der Waals surface area contributed by atoms with E-state index in [-0.39, 0.29) is 5.92 Å². The molecule has 0 atom stereocenters. The van der Waals surface area contributed by atoms with Crippen LogP contribution in [-0.4, -0.2) is 0 Å². The van der Waals surface area contributed by atoms with Crippen LogP contribution in [0.4, 0.5) is 34.1 Å². The zero-order chi connectivity index (χ0) is 28.9. The number of hydrogen-bond donors (Lipinski definition) is 0. The highest BCUT2D eigenvalue weighted by molar-refractivity contribution is 5.96. The van der Waals surface area contributed by atoms with E-state index in [0.717, 1.165) is 75.5 Å². The highest BCUT2D eigenvalue weighted by Crippen LogP contribution is 2.59. The van der Waals surface area contributed by atoms with Gasteiger partial charge in [0.25, 0.3) is 0 Å². The highest BCUT2D eigenvalue weighted by atomic mass is 16.5. The van der Waals surface area contributed by atoms with Crippen LogP contribution in [0, 0.1) is 18.3 Å². The van der Waals surface area contributed by atoms with E-state index in [2.05, 4.69) is 65.3 Å². The Labute approximate surface area is 252 Å². The Kier molecular flexibility index (Phi) is 6.08. The van der Waals surface area contributed by atoms with Gasteiger partial charge in [-0.3, -0.25) is 0 Å². The second-order valence-electron chi connectivity index (χ2n) is 11.5. The molecule has 5 heteroatoms. The number of ether oxygens (including phenoxy) is 2. The smallest absolute Gasteiger partial charge is 0.151 e. The van der Waals surface area contributed by atoms with Crippen LogP contribution in [0.3, 0.4) is 0 Å². The largest absolute Gasteiger partial charge is 0.453 e. The van der Waals surface area contributed by atoms with Crippen molar-refractivity contribution in [2.75, 3.05) is 9.80 Å². The van der Waals surface area contributed by atoms with Crippen LogP contribution < -0.4 is 19.3 Å². The van der Waals surface area contributed by atoms with Gasteiger partial charge in [-0.1, -0.05) is 67.8 Å². The quantitative estimate of drug-likeness (QED) is 0.215. The monoisotopic (exact) mass is 561 g/mol. The third-order valence-corrected chi connectivity index (χ3v) is 8.95. The summed E-state index contributed by atoms with van der Waals surface area (Å²) in [7, 11) is 0. The summed E-state index contributed by atoms with van der Waals surface area (Å²) in [5.74, 6) is 3.49. The summed E-state index contributed by atoms with van der Waals surface area (Å²) in [6.45, 7) is 2.15. The van der Waals surface area contributed by atoms with Crippen molar-refractivity contribution in [1.82, 2.24) is 0 Å². The number of hydrogen-bond acceptors (Lipinski definition) is 5. The Morgan fingerprint density at radius 3 is 1.47 bits per heavy atom. The molecule has 1 aliphatic carbocycles. The molecule has 0 saturated heterocycles. The highest BCUT2D eigenvalue weighted by Gasteiger charge is 2.37. The molecule has 0 aromatic heterocycles. The number of rotatable bonds is 3. The molecule has 1 saturated carbocycles. The molecule has 43 heavy (non-hydrogen) atoms. The molecule has 8 rings (SSSR count). The van der Waals surface area contributed by atoms with E-state index in [1.165, 1.54) is 24.8 Å². The van der Waals surface area contributed by atoms with Crippen LogP contribution in [0.5, 0.6) is 23.0 Å². The maximum atomic E-state index is 10.8. The summed E-state index contributed by atoms with van der Waals surface area (Å²) in [6.07, 6.45) is 5.74. The Morgan fingerprint density at radius 2 is 1.02 bits per heavy atom. The fourth-order valence-electron chi connectivity index (χ4n) is 7.11. The van der Waals surface area contributed by atoms with Crippen molar-refractivity contribution >= 4 is 34.1 Å². The normalized spacial score (nSPS) is 15.3. The summed E-state index contributed by atoms with van der Waals surface area (Å²) in [5.41, 5.74) is 8.91. The van der Waals surface area contributed by atoms with Crippen LogP contribution >= 0.6 is 0 Å². The summed E-state index contributed by atoms with van der Waals surface area (Å²) < 4.78 is 12.8. The lowest BCUT2D eigenvalue weighted by atomic mass is 9.79. The van der Waals surface area contributed by atoms with Crippen molar-refractivity contribution in [1.29, 1.82) is 5.26 Å². The fraction of sp³-hybridized carbons (Fsp3) is 0.184. The van der Waals surface area contributed by atoms with Crippen LogP contribution in [0.15, 0.2) is 103 Å². The number of anilines is 6. The summed E-state index contributed by atoms with van der Waals surface area (Å²) in [6, 6.07) is 37.5. The first-order valence-corrected chi connectivity index (χ1v) is 15.1. The first-order chi connectivity index (χ1) is 21.2. The maximum absolute atomic E-state index is 10.8. The van der Waals surface area contributed by atoms with Crippen molar-refractivity contribution in [3.63, 3.8) is 0 Å². The predicted molar refractivity (Wildman–Crippen MR) is 171 cm³/mol. The van der Waals surface area contributed by atoms with Crippen LogP contribution in [0.25, 0.3) is 0 Å². The Morgan fingerprint density at radius 1 is 0.605 bits per heavy atom. The lowest BCUT2D eigenvalue weighted by Gasteiger charge is -2.41. The molecule has 210 valence electrons. The van der Waals surface area contributed by atoms with Gasteiger partial charge in [0.05, 0.1) is 39.7 Å². The van der Waals surface area contributed by atoms with E-state index in [1.54, 1.807) is 0 Å². The zero-order valence-corrected chi connectivity index (χ0v) is 24.1. The molecule has 2 aliphatic heterocycles. The number of nitriles is 1. The molecule has 1 fully saturated rings. The number of nitrogens with zero attached hydrogens (tertiary/aromatic N) is 3. The summed E-state index contributed by atoms with van der Waals surface area (Å²) >= 11 is 0. The van der Waals surface area contributed by atoms with Crippen molar-refractivity contribution < 1.29 is 9.47 Å². The lowest BCUT2D eigenvalue weighted by Crippen LogP contribution is -2.24. The van der Waals surface area contributed by atoms with Gasteiger partial charge in [-0.25, -0.2) is 0 Å². The van der Waals surface area contributed by atoms with E-state index in [1.807, 2.05) is 60.7 Å². The van der Waals surface area contributed by atoms with Crippen LogP contribution in [0.2, 0.25) is 0 Å². The molecule has 5 aromatic carbocycles. The van der Waals surface area contributed by atoms with Gasteiger partial charge in [0.2, 0.25) is 0 Å². The topological polar surface area (TPSA) is 48.7 Å². The van der Waals surface area contributed by atoms with Gasteiger partial charge in [0.15, 0.2) is 23.0 Å². The molecule has 3 aliphatic rings. The third kappa shape index (κ3) is 4.06. The standard InChI is InChI=1S/C38H31N3O2/c1-25-23-27(24-39)38(41-30-17-7-11-21-34(30)43-35-22-12-8-18-31(35)41)36(26-13-3-2-4-14-26)37(25)40-28-15-5-9-19-32(28)42-33-20-10-6-16-29(33)40/h5-12,15-23,26H,2-4,13-14H2,1H3. The van der Waals surface area contributed by atoms with E-state index in [4.69, 9.17) is 9.47 Å². The number of aryl methyl sites for hydroxylation is 1. The molecule has 0 unspecified atom stereocenters. The molecule has 0 spiro atoms. The zero-order valence-electron chi connectivity index (χ0n) is 24.1. The first kappa shape index (κ1) is 25.5. The lowest BCUT2D eigenvalue weighted by molar-refractivity contribution is 0.443. The number of fused-ring (bicyclic) bond motifs is 4. The molecule has 0 bridgehead atoms.